The molecule has 0 unspecified atom stereocenters. The van der Waals surface area contributed by atoms with Crippen LogP contribution in [-0.4, -0.2) is 41.7 Å². The van der Waals surface area contributed by atoms with Gasteiger partial charge in [0, 0.05) is 36.5 Å². The fourth-order valence-electron chi connectivity index (χ4n) is 3.12. The number of carbonyl (C=O) groups excluding carboxylic acids is 3. The van der Waals surface area contributed by atoms with Crippen molar-refractivity contribution in [3.05, 3.63) is 48.0 Å². The second-order valence-electron chi connectivity index (χ2n) is 8.93. The minimum atomic E-state index is -0.836. The van der Waals surface area contributed by atoms with Gasteiger partial charge in [0.25, 0.3) is 0 Å². The molecule has 0 aliphatic heterocycles. The van der Waals surface area contributed by atoms with Crippen LogP contribution in [0.15, 0.2) is 42.5 Å². The van der Waals surface area contributed by atoms with E-state index >= 15 is 0 Å². The summed E-state index contributed by atoms with van der Waals surface area (Å²) >= 11 is 0. The van der Waals surface area contributed by atoms with Crippen molar-refractivity contribution in [1.82, 2.24) is 4.73 Å². The van der Waals surface area contributed by atoms with Gasteiger partial charge in [0.1, 0.15) is 0 Å². The molecule has 0 aliphatic rings. The lowest BCUT2D eigenvalue weighted by Gasteiger charge is -2.17. The monoisotopic (exact) mass is 452 g/mol. The molecular weight excluding hydrogens is 424 g/mol. The van der Waals surface area contributed by atoms with E-state index in [2.05, 4.69) is 10.6 Å². The van der Waals surface area contributed by atoms with Gasteiger partial charge in [-0.1, -0.05) is 0 Å². The molecule has 0 atom stereocenters. The first-order valence-electron chi connectivity index (χ1n) is 10.3. The molecule has 2 amide bonds. The van der Waals surface area contributed by atoms with Gasteiger partial charge in [-0.15, -0.1) is 4.73 Å². The summed E-state index contributed by atoms with van der Waals surface area (Å²) in [6.45, 7) is 6.33. The van der Waals surface area contributed by atoms with Crippen LogP contribution in [0.2, 0.25) is 0 Å². The van der Waals surface area contributed by atoms with E-state index in [1.807, 2.05) is 31.1 Å². The molecule has 0 bridgehead atoms. The molecule has 1 aromatic heterocycles. The van der Waals surface area contributed by atoms with Crippen LogP contribution in [0.25, 0.3) is 10.9 Å². The molecule has 33 heavy (non-hydrogen) atoms. The van der Waals surface area contributed by atoms with Gasteiger partial charge < -0.3 is 25.5 Å². The molecule has 0 spiro atoms. The van der Waals surface area contributed by atoms with Crippen molar-refractivity contribution in [2.45, 2.75) is 27.7 Å². The van der Waals surface area contributed by atoms with Crippen LogP contribution in [-0.2, 0) is 4.79 Å². The van der Waals surface area contributed by atoms with E-state index in [1.54, 1.807) is 45.0 Å². The Kier molecular flexibility index (Phi) is 6.34. The third-order valence-corrected chi connectivity index (χ3v) is 4.94. The first-order valence-corrected chi connectivity index (χ1v) is 10.3. The summed E-state index contributed by atoms with van der Waals surface area (Å²) in [7, 11) is 3.85. The maximum Gasteiger partial charge on any atom is 0.338 e. The zero-order valence-electron chi connectivity index (χ0n) is 19.5. The number of ketones is 1. The minimum absolute atomic E-state index is 0.0312. The largest absolute Gasteiger partial charge is 0.492 e. The summed E-state index contributed by atoms with van der Waals surface area (Å²) in [6, 6.07) is 11.5. The molecule has 3 aromatic rings. The maximum atomic E-state index is 12.5. The third-order valence-electron chi connectivity index (χ3n) is 4.94. The molecule has 0 saturated heterocycles. The molecule has 3 N–H and O–H groups in total. The number of rotatable bonds is 5. The molecule has 0 fully saturated rings. The van der Waals surface area contributed by atoms with Gasteiger partial charge >= 0.3 is 12.0 Å². The lowest BCUT2D eigenvalue weighted by Crippen LogP contribution is -2.31. The van der Waals surface area contributed by atoms with E-state index in [4.69, 9.17) is 4.84 Å². The minimum Gasteiger partial charge on any atom is -0.492 e. The number of hydrogen-bond acceptors (Lipinski definition) is 6. The summed E-state index contributed by atoms with van der Waals surface area (Å²) in [5, 5.41) is 16.4. The summed E-state index contributed by atoms with van der Waals surface area (Å²) < 4.78 is 0.919. The number of aromatic hydroxyl groups is 1. The first kappa shape index (κ1) is 23.6. The lowest BCUT2D eigenvalue weighted by atomic mass is 9.98. The van der Waals surface area contributed by atoms with Gasteiger partial charge in [-0.2, -0.15) is 0 Å². The number of carbonyl (C=O) groups is 3. The molecule has 2 aromatic carbocycles. The summed E-state index contributed by atoms with van der Waals surface area (Å²) in [5.41, 5.74) is 1.45. The number of benzene rings is 2. The van der Waals surface area contributed by atoms with Crippen LogP contribution < -0.4 is 20.4 Å². The highest BCUT2D eigenvalue weighted by molar-refractivity contribution is 6.10. The number of nitrogens with zero attached hydrogens (tertiary/aromatic N) is 2. The highest BCUT2D eigenvalue weighted by atomic mass is 16.7. The normalized spacial score (nSPS) is 11.2. The van der Waals surface area contributed by atoms with E-state index in [-0.39, 0.29) is 16.9 Å². The Labute approximate surface area is 191 Å². The molecule has 9 nitrogen and oxygen atoms in total. The van der Waals surface area contributed by atoms with Crippen LogP contribution in [0.5, 0.6) is 5.88 Å². The van der Waals surface area contributed by atoms with Crippen LogP contribution >= 0.6 is 0 Å². The Bertz CT molecular complexity index is 1220. The van der Waals surface area contributed by atoms with Crippen LogP contribution in [0.3, 0.4) is 0 Å². The van der Waals surface area contributed by atoms with Crippen LogP contribution in [0.1, 0.15) is 38.1 Å². The summed E-state index contributed by atoms with van der Waals surface area (Å²) in [5.74, 6) is -1.46. The number of fused-ring (bicyclic) bond motifs is 1. The van der Waals surface area contributed by atoms with Crippen molar-refractivity contribution in [2.75, 3.05) is 29.6 Å². The average Bonchev–Trinajstić information content (AvgIpc) is 2.98. The molecule has 3 rings (SSSR count). The predicted octanol–water partition coefficient (Wildman–Crippen LogP) is 4.26. The summed E-state index contributed by atoms with van der Waals surface area (Å²) in [4.78, 5) is 44.3. The Morgan fingerprint density at radius 1 is 0.970 bits per heavy atom. The van der Waals surface area contributed by atoms with E-state index in [1.165, 1.54) is 13.0 Å². The fourth-order valence-corrected chi connectivity index (χ4v) is 3.12. The number of urea groups is 1. The SMILES string of the molecule is CC(=O)c1c(O)n(OC(=O)C(C)(C)C)c2cc(NC(=O)Nc3ccc(N(C)C)cc3)ccc12. The first-order chi connectivity index (χ1) is 15.4. The number of amides is 2. The molecular formula is C24H28N4O5. The quantitative estimate of drug-likeness (QED) is 0.499. The van der Waals surface area contributed by atoms with Crippen LogP contribution in [0, 0.1) is 5.41 Å². The maximum absolute atomic E-state index is 12.5. The highest BCUT2D eigenvalue weighted by Crippen LogP contribution is 2.33. The molecule has 0 saturated carbocycles. The van der Waals surface area contributed by atoms with Gasteiger partial charge in [-0.3, -0.25) is 4.79 Å². The second kappa shape index (κ2) is 8.85. The van der Waals surface area contributed by atoms with Crippen LogP contribution in [0.4, 0.5) is 21.9 Å². The van der Waals surface area contributed by atoms with Crippen molar-refractivity contribution < 1.29 is 24.3 Å². The molecule has 0 radical (unpaired) electrons. The van der Waals surface area contributed by atoms with E-state index in [0.29, 0.717) is 16.8 Å². The van der Waals surface area contributed by atoms with Crippen molar-refractivity contribution in [3.8, 4) is 5.88 Å². The third kappa shape index (κ3) is 5.08. The zero-order valence-corrected chi connectivity index (χ0v) is 19.5. The Balaban J connectivity index is 1.90. The van der Waals surface area contributed by atoms with Crippen molar-refractivity contribution in [3.63, 3.8) is 0 Å². The van der Waals surface area contributed by atoms with Gasteiger partial charge in [0.05, 0.1) is 16.5 Å². The van der Waals surface area contributed by atoms with Crippen molar-refractivity contribution >= 4 is 45.7 Å². The highest BCUT2D eigenvalue weighted by Gasteiger charge is 2.28. The van der Waals surface area contributed by atoms with E-state index < -0.39 is 23.3 Å². The predicted molar refractivity (Wildman–Crippen MR) is 128 cm³/mol. The van der Waals surface area contributed by atoms with E-state index in [0.717, 1.165) is 10.4 Å². The topological polar surface area (TPSA) is 113 Å². The molecule has 9 heteroatoms. The standard InChI is InChI=1S/C24H28N4O5/c1-14(29)20-18-12-9-16(13-19(18)28(21(20)30)33-22(31)24(2,3)4)26-23(32)25-15-7-10-17(11-8-15)27(5)6/h7-13,30H,1-6H3,(H2,25,26,32). The lowest BCUT2D eigenvalue weighted by molar-refractivity contribution is -0.153. The number of hydrogen-bond donors (Lipinski definition) is 3. The van der Waals surface area contributed by atoms with Gasteiger partial charge in [0.15, 0.2) is 5.78 Å². The zero-order chi connectivity index (χ0) is 24.5. The van der Waals surface area contributed by atoms with Gasteiger partial charge in [-0.25, -0.2) is 9.59 Å². The smallest absolute Gasteiger partial charge is 0.338 e. The number of anilines is 3. The Hall–Kier alpha value is -4.01. The van der Waals surface area contributed by atoms with Gasteiger partial charge in [0.2, 0.25) is 5.88 Å². The Morgan fingerprint density at radius 2 is 1.55 bits per heavy atom. The second-order valence-corrected chi connectivity index (χ2v) is 8.93. The molecule has 0 aliphatic carbocycles. The van der Waals surface area contributed by atoms with Crippen molar-refractivity contribution in [1.29, 1.82) is 0 Å². The summed E-state index contributed by atoms with van der Waals surface area (Å²) in [6.07, 6.45) is 0. The number of nitrogens with one attached hydrogen (secondary N) is 2. The fraction of sp³-hybridized carbons (Fsp3) is 0.292. The molecule has 1 heterocycles. The Morgan fingerprint density at radius 3 is 2.09 bits per heavy atom. The number of aromatic nitrogens is 1. The average molecular weight is 453 g/mol. The van der Waals surface area contributed by atoms with E-state index in [9.17, 15) is 19.5 Å². The number of Topliss-reactive ketones (excluding diaryl/α,β-unsaturated/α-hetero) is 1. The van der Waals surface area contributed by atoms with Crippen molar-refractivity contribution in [2.24, 2.45) is 5.41 Å². The molecule has 174 valence electrons. The van der Waals surface area contributed by atoms with Gasteiger partial charge in [-0.05, 0) is 70.2 Å².